The molecule has 23 heavy (non-hydrogen) atoms. The molecule has 0 aromatic carbocycles. The number of rotatable bonds is 14. The third kappa shape index (κ3) is 10.4. The van der Waals surface area contributed by atoms with Crippen LogP contribution in [-0.2, 0) is 0 Å². The van der Waals surface area contributed by atoms with Crippen molar-refractivity contribution in [1.82, 2.24) is 0 Å². The van der Waals surface area contributed by atoms with Crippen LogP contribution in [0.15, 0.2) is 0 Å². The summed E-state index contributed by atoms with van der Waals surface area (Å²) in [6, 6.07) is 0.501. The van der Waals surface area contributed by atoms with Gasteiger partial charge in [-0.1, -0.05) is 110 Å². The smallest absolute Gasteiger partial charge is 0.00415 e. The molecular weight excluding hydrogens is 278 g/mol. The number of hydrogen-bond acceptors (Lipinski definition) is 1. The molecule has 1 unspecified atom stereocenters. The zero-order chi connectivity index (χ0) is 16.8. The van der Waals surface area contributed by atoms with Gasteiger partial charge < -0.3 is 5.73 Å². The molecule has 0 spiro atoms. The fourth-order valence-electron chi connectivity index (χ4n) is 4.51. The van der Waals surface area contributed by atoms with Crippen molar-refractivity contribution in [3.8, 4) is 0 Å². The normalized spacial score (nSPS) is 23.1. The maximum atomic E-state index is 6.27. The van der Waals surface area contributed by atoms with E-state index in [0.29, 0.717) is 6.04 Å². The number of unbranched alkanes of at least 4 members (excludes halogenated alkanes) is 9. The zero-order valence-electron chi connectivity index (χ0n) is 16.3. The second kappa shape index (κ2) is 14.3. The Balaban J connectivity index is 2.26. The molecule has 0 aliphatic heterocycles. The number of hydrogen-bond donors (Lipinski definition) is 1. The molecule has 1 fully saturated rings. The molecule has 1 rings (SSSR count). The quantitative estimate of drug-likeness (QED) is 0.335. The van der Waals surface area contributed by atoms with Gasteiger partial charge in [0, 0.05) is 6.04 Å². The molecule has 0 radical (unpaired) electrons. The minimum absolute atomic E-state index is 0.501. The van der Waals surface area contributed by atoms with E-state index in [9.17, 15) is 0 Å². The van der Waals surface area contributed by atoms with E-state index in [1.54, 1.807) is 0 Å². The summed E-state index contributed by atoms with van der Waals surface area (Å²) in [6.45, 7) is 4.62. The van der Waals surface area contributed by atoms with Gasteiger partial charge in [-0.25, -0.2) is 0 Å². The largest absolute Gasteiger partial charge is 0.328 e. The lowest BCUT2D eigenvalue weighted by atomic mass is 9.74. The van der Waals surface area contributed by atoms with Gasteiger partial charge in [0.05, 0.1) is 0 Å². The molecule has 0 saturated heterocycles. The summed E-state index contributed by atoms with van der Waals surface area (Å²) in [5.74, 6) is 1.93. The first-order valence-corrected chi connectivity index (χ1v) is 11.0. The molecule has 0 amide bonds. The molecule has 1 heteroatoms. The van der Waals surface area contributed by atoms with E-state index >= 15 is 0 Å². The summed E-state index contributed by atoms with van der Waals surface area (Å²) in [5, 5.41) is 0. The van der Waals surface area contributed by atoms with E-state index in [-0.39, 0.29) is 0 Å². The monoisotopic (exact) mass is 323 g/mol. The second-order valence-electron chi connectivity index (χ2n) is 8.21. The lowest BCUT2D eigenvalue weighted by molar-refractivity contribution is 0.200. The predicted molar refractivity (Wildman–Crippen MR) is 105 cm³/mol. The van der Waals surface area contributed by atoms with E-state index in [2.05, 4.69) is 13.8 Å². The van der Waals surface area contributed by atoms with E-state index in [0.717, 1.165) is 11.8 Å². The van der Waals surface area contributed by atoms with Gasteiger partial charge >= 0.3 is 0 Å². The molecule has 0 aromatic rings. The van der Waals surface area contributed by atoms with Crippen LogP contribution < -0.4 is 5.73 Å². The van der Waals surface area contributed by atoms with Crippen LogP contribution in [0.5, 0.6) is 0 Å². The highest BCUT2D eigenvalue weighted by atomic mass is 14.6. The lowest BCUT2D eigenvalue weighted by Crippen LogP contribution is -2.31. The fraction of sp³-hybridized carbons (Fsp3) is 1.00. The van der Waals surface area contributed by atoms with Gasteiger partial charge in [-0.05, 0) is 24.7 Å². The average molecular weight is 324 g/mol. The van der Waals surface area contributed by atoms with Crippen LogP contribution in [-0.4, -0.2) is 6.04 Å². The molecule has 3 atom stereocenters. The fourth-order valence-corrected chi connectivity index (χ4v) is 4.51. The molecule has 138 valence electrons. The Morgan fingerprint density at radius 1 is 0.739 bits per heavy atom. The van der Waals surface area contributed by atoms with Crippen molar-refractivity contribution >= 4 is 0 Å². The maximum Gasteiger partial charge on any atom is 0.00415 e. The highest BCUT2D eigenvalue weighted by Gasteiger charge is 2.26. The zero-order valence-corrected chi connectivity index (χ0v) is 16.3. The van der Waals surface area contributed by atoms with Crippen molar-refractivity contribution in [3.05, 3.63) is 0 Å². The molecule has 0 heterocycles. The Bertz CT molecular complexity index is 250. The van der Waals surface area contributed by atoms with Gasteiger partial charge in [0.1, 0.15) is 0 Å². The van der Waals surface area contributed by atoms with Crippen molar-refractivity contribution in [2.24, 2.45) is 17.6 Å². The minimum Gasteiger partial charge on any atom is -0.328 e. The third-order valence-corrected chi connectivity index (χ3v) is 6.03. The summed E-state index contributed by atoms with van der Waals surface area (Å²) in [5.41, 5.74) is 6.27. The van der Waals surface area contributed by atoms with Crippen LogP contribution in [0, 0.1) is 11.8 Å². The first-order chi connectivity index (χ1) is 11.3. The van der Waals surface area contributed by atoms with Gasteiger partial charge in [0.15, 0.2) is 0 Å². The van der Waals surface area contributed by atoms with E-state index < -0.39 is 0 Å². The van der Waals surface area contributed by atoms with Crippen molar-refractivity contribution in [2.45, 2.75) is 129 Å². The molecule has 1 nitrogen and oxygen atoms in total. The van der Waals surface area contributed by atoms with E-state index in [4.69, 9.17) is 5.73 Å². The third-order valence-electron chi connectivity index (χ3n) is 6.03. The molecule has 1 saturated carbocycles. The predicted octanol–water partition coefficient (Wildman–Crippen LogP) is 7.23. The Morgan fingerprint density at radius 2 is 1.26 bits per heavy atom. The van der Waals surface area contributed by atoms with Gasteiger partial charge in [-0.15, -0.1) is 0 Å². The molecule has 1 aliphatic carbocycles. The second-order valence-corrected chi connectivity index (χ2v) is 8.21. The van der Waals surface area contributed by atoms with Crippen LogP contribution in [0.25, 0.3) is 0 Å². The highest BCUT2D eigenvalue weighted by Crippen LogP contribution is 2.35. The van der Waals surface area contributed by atoms with Crippen LogP contribution in [0.2, 0.25) is 0 Å². The summed E-state index contributed by atoms with van der Waals surface area (Å²) in [4.78, 5) is 0. The highest BCUT2D eigenvalue weighted by molar-refractivity contribution is 4.80. The van der Waals surface area contributed by atoms with Crippen molar-refractivity contribution < 1.29 is 0 Å². The molecular formula is C22H45N. The minimum atomic E-state index is 0.501. The lowest BCUT2D eigenvalue weighted by Gasteiger charge is -2.33. The van der Waals surface area contributed by atoms with Crippen molar-refractivity contribution in [2.75, 3.05) is 0 Å². The van der Waals surface area contributed by atoms with Crippen LogP contribution in [0.1, 0.15) is 123 Å². The van der Waals surface area contributed by atoms with E-state index in [1.165, 1.54) is 109 Å². The van der Waals surface area contributed by atoms with Gasteiger partial charge in [0.25, 0.3) is 0 Å². The van der Waals surface area contributed by atoms with Gasteiger partial charge in [-0.2, -0.15) is 0 Å². The molecule has 1 aliphatic rings. The van der Waals surface area contributed by atoms with E-state index in [1.807, 2.05) is 0 Å². The number of nitrogens with two attached hydrogens (primary N) is 1. The van der Waals surface area contributed by atoms with Gasteiger partial charge in [-0.3, -0.25) is 0 Å². The molecule has 0 bridgehead atoms. The average Bonchev–Trinajstić information content (AvgIpc) is 2.56. The topological polar surface area (TPSA) is 26.0 Å². The SMILES string of the molecule is CCCCCCCCC(CCCCCCC)[C@H]1CCC[C@@H](N)C1. The maximum absolute atomic E-state index is 6.27. The Labute approximate surface area is 147 Å². The van der Waals surface area contributed by atoms with Gasteiger partial charge in [0.2, 0.25) is 0 Å². The molecule has 2 N–H and O–H groups in total. The summed E-state index contributed by atoms with van der Waals surface area (Å²) in [6.07, 6.45) is 24.2. The summed E-state index contributed by atoms with van der Waals surface area (Å²) >= 11 is 0. The summed E-state index contributed by atoms with van der Waals surface area (Å²) < 4.78 is 0. The van der Waals surface area contributed by atoms with Crippen LogP contribution in [0.3, 0.4) is 0 Å². The standard InChI is InChI=1S/C22H45N/c1-3-5-7-9-11-13-16-20(15-12-10-8-6-4-2)21-17-14-18-22(23)19-21/h20-22H,3-19,23H2,1-2H3/t20?,21-,22+/m0/s1. The first-order valence-electron chi connectivity index (χ1n) is 11.0. The van der Waals surface area contributed by atoms with Crippen molar-refractivity contribution in [3.63, 3.8) is 0 Å². The van der Waals surface area contributed by atoms with Crippen LogP contribution >= 0.6 is 0 Å². The Morgan fingerprint density at radius 3 is 1.78 bits per heavy atom. The summed E-state index contributed by atoms with van der Waals surface area (Å²) in [7, 11) is 0. The molecule has 0 aromatic heterocycles. The van der Waals surface area contributed by atoms with Crippen LogP contribution in [0.4, 0.5) is 0 Å². The van der Waals surface area contributed by atoms with Crippen molar-refractivity contribution in [1.29, 1.82) is 0 Å². The first kappa shape index (κ1) is 21.0. The Hall–Kier alpha value is -0.0400. The Kier molecular flexibility index (Phi) is 13.1.